The molecule has 1 aromatic heterocycles. The predicted molar refractivity (Wildman–Crippen MR) is 99.1 cm³/mol. The number of nitrogens with zero attached hydrogens (tertiary/aromatic N) is 4. The maximum Gasteiger partial charge on any atom is 0.0638 e. The van der Waals surface area contributed by atoms with E-state index in [1.807, 2.05) is 0 Å². The Labute approximate surface area is 146 Å². The Bertz CT molecular complexity index is 612. The first-order valence-electron chi connectivity index (χ1n) is 9.26. The molecule has 1 saturated heterocycles. The number of aryl methyl sites for hydroxylation is 2. The largest absolute Gasteiger partial charge is 0.300 e. The van der Waals surface area contributed by atoms with Crippen molar-refractivity contribution in [1.29, 1.82) is 0 Å². The van der Waals surface area contributed by atoms with Crippen molar-refractivity contribution in [2.45, 2.75) is 39.8 Å². The summed E-state index contributed by atoms with van der Waals surface area (Å²) in [6.07, 6.45) is 4.53. The number of piperazine rings is 1. The molecule has 0 radical (unpaired) electrons. The van der Waals surface area contributed by atoms with E-state index in [-0.39, 0.29) is 0 Å². The topological polar surface area (TPSA) is 24.3 Å². The van der Waals surface area contributed by atoms with Gasteiger partial charge in [0.05, 0.1) is 5.69 Å². The van der Waals surface area contributed by atoms with Crippen LogP contribution in [0.5, 0.6) is 0 Å². The van der Waals surface area contributed by atoms with Crippen LogP contribution in [0, 0.1) is 6.92 Å². The highest BCUT2D eigenvalue weighted by Gasteiger charge is 2.18. The molecule has 0 spiro atoms. The minimum Gasteiger partial charge on any atom is -0.300 e. The summed E-state index contributed by atoms with van der Waals surface area (Å²) in [4.78, 5) is 5.16. The van der Waals surface area contributed by atoms with E-state index >= 15 is 0 Å². The zero-order chi connectivity index (χ0) is 16.8. The lowest BCUT2D eigenvalue weighted by Gasteiger charge is -2.34. The molecule has 0 amide bonds. The number of rotatable bonds is 7. The third kappa shape index (κ3) is 4.68. The third-order valence-electron chi connectivity index (χ3n) is 4.92. The minimum absolute atomic E-state index is 1.02. The zero-order valence-electron chi connectivity index (χ0n) is 15.1. The SMILES string of the molecule is CCCn1cc(CN2CCN(CCc3ccccc3)CC2)c(C)n1. The van der Waals surface area contributed by atoms with Crippen molar-refractivity contribution in [2.24, 2.45) is 0 Å². The van der Waals surface area contributed by atoms with Gasteiger partial charge in [-0.2, -0.15) is 5.10 Å². The lowest BCUT2D eigenvalue weighted by molar-refractivity contribution is 0.128. The molecular weight excluding hydrogens is 296 g/mol. The predicted octanol–water partition coefficient (Wildman–Crippen LogP) is 2.96. The molecule has 0 bridgehead atoms. The van der Waals surface area contributed by atoms with Gasteiger partial charge in [-0.3, -0.25) is 9.58 Å². The van der Waals surface area contributed by atoms with Crippen LogP contribution in [0.1, 0.15) is 30.2 Å². The van der Waals surface area contributed by atoms with Crippen molar-refractivity contribution < 1.29 is 0 Å². The summed E-state index contributed by atoms with van der Waals surface area (Å²) >= 11 is 0. The highest BCUT2D eigenvalue weighted by molar-refractivity contribution is 5.16. The van der Waals surface area contributed by atoms with Crippen molar-refractivity contribution in [2.75, 3.05) is 32.7 Å². The molecule has 1 aliphatic rings. The Morgan fingerprint density at radius 2 is 1.67 bits per heavy atom. The smallest absolute Gasteiger partial charge is 0.0638 e. The molecule has 1 fully saturated rings. The summed E-state index contributed by atoms with van der Waals surface area (Å²) < 4.78 is 2.10. The molecule has 0 saturated carbocycles. The van der Waals surface area contributed by atoms with Crippen LogP contribution < -0.4 is 0 Å². The molecule has 2 aromatic rings. The van der Waals surface area contributed by atoms with Crippen LogP contribution >= 0.6 is 0 Å². The maximum atomic E-state index is 4.62. The van der Waals surface area contributed by atoms with Gasteiger partial charge in [0.2, 0.25) is 0 Å². The van der Waals surface area contributed by atoms with Gasteiger partial charge in [-0.05, 0) is 25.3 Å². The summed E-state index contributed by atoms with van der Waals surface area (Å²) in [6, 6.07) is 10.8. The second kappa shape index (κ2) is 8.45. The van der Waals surface area contributed by atoms with Gasteiger partial charge in [0.15, 0.2) is 0 Å². The molecule has 0 N–H and O–H groups in total. The molecule has 2 heterocycles. The van der Waals surface area contributed by atoms with Crippen molar-refractivity contribution in [3.8, 4) is 0 Å². The number of hydrogen-bond donors (Lipinski definition) is 0. The van der Waals surface area contributed by atoms with E-state index in [9.17, 15) is 0 Å². The second-order valence-corrected chi connectivity index (χ2v) is 6.86. The Hall–Kier alpha value is -1.65. The molecule has 0 aliphatic carbocycles. The fraction of sp³-hybridized carbons (Fsp3) is 0.550. The van der Waals surface area contributed by atoms with Gasteiger partial charge in [0.25, 0.3) is 0 Å². The van der Waals surface area contributed by atoms with Gasteiger partial charge >= 0.3 is 0 Å². The van der Waals surface area contributed by atoms with E-state index in [1.165, 1.54) is 36.5 Å². The average Bonchev–Trinajstić information content (AvgIpc) is 2.95. The molecule has 24 heavy (non-hydrogen) atoms. The van der Waals surface area contributed by atoms with E-state index in [0.717, 1.165) is 39.0 Å². The van der Waals surface area contributed by atoms with Crippen LogP contribution in [0.2, 0.25) is 0 Å². The lowest BCUT2D eigenvalue weighted by Crippen LogP contribution is -2.46. The maximum absolute atomic E-state index is 4.62. The first kappa shape index (κ1) is 17.2. The van der Waals surface area contributed by atoms with Crippen molar-refractivity contribution in [3.05, 3.63) is 53.3 Å². The fourth-order valence-corrected chi connectivity index (χ4v) is 3.40. The first-order valence-corrected chi connectivity index (χ1v) is 9.26. The lowest BCUT2D eigenvalue weighted by atomic mass is 10.1. The Morgan fingerprint density at radius 3 is 2.38 bits per heavy atom. The van der Waals surface area contributed by atoms with Gasteiger partial charge < -0.3 is 4.90 Å². The molecule has 0 atom stereocenters. The van der Waals surface area contributed by atoms with Crippen LogP contribution in [0.4, 0.5) is 0 Å². The van der Waals surface area contributed by atoms with E-state index in [0.29, 0.717) is 0 Å². The minimum atomic E-state index is 1.02. The summed E-state index contributed by atoms with van der Waals surface area (Å²) in [6.45, 7) is 12.2. The monoisotopic (exact) mass is 326 g/mol. The third-order valence-corrected chi connectivity index (χ3v) is 4.92. The summed E-state index contributed by atoms with van der Waals surface area (Å²) in [5, 5.41) is 4.62. The highest BCUT2D eigenvalue weighted by atomic mass is 15.3. The molecule has 130 valence electrons. The average molecular weight is 326 g/mol. The van der Waals surface area contributed by atoms with Gasteiger partial charge in [0, 0.05) is 57.6 Å². The van der Waals surface area contributed by atoms with Crippen molar-refractivity contribution in [3.63, 3.8) is 0 Å². The van der Waals surface area contributed by atoms with E-state index in [1.54, 1.807) is 0 Å². The first-order chi connectivity index (χ1) is 11.7. The van der Waals surface area contributed by atoms with Gasteiger partial charge in [-0.25, -0.2) is 0 Å². The number of benzene rings is 1. The van der Waals surface area contributed by atoms with Crippen LogP contribution in [-0.2, 0) is 19.5 Å². The molecular formula is C20H30N4. The molecule has 1 aliphatic heterocycles. The van der Waals surface area contributed by atoms with Crippen LogP contribution in [-0.4, -0.2) is 52.3 Å². The summed E-state index contributed by atoms with van der Waals surface area (Å²) in [5.74, 6) is 0. The molecule has 3 rings (SSSR count). The molecule has 1 aromatic carbocycles. The Morgan fingerprint density at radius 1 is 0.958 bits per heavy atom. The van der Waals surface area contributed by atoms with Gasteiger partial charge in [0.1, 0.15) is 0 Å². The molecule has 0 unspecified atom stereocenters. The quantitative estimate of drug-likeness (QED) is 0.782. The summed E-state index contributed by atoms with van der Waals surface area (Å²) in [7, 11) is 0. The van der Waals surface area contributed by atoms with E-state index < -0.39 is 0 Å². The van der Waals surface area contributed by atoms with Crippen molar-refractivity contribution in [1.82, 2.24) is 19.6 Å². The Kier molecular flexibility index (Phi) is 6.05. The standard InChI is InChI=1S/C20H30N4/c1-3-10-24-17-20(18(2)21-24)16-23-14-12-22(13-15-23)11-9-19-7-5-4-6-8-19/h4-8,17H,3,9-16H2,1-2H3. The normalized spacial score (nSPS) is 16.6. The summed E-state index contributed by atoms with van der Waals surface area (Å²) in [5.41, 5.74) is 4.02. The van der Waals surface area contributed by atoms with Crippen molar-refractivity contribution >= 4 is 0 Å². The van der Waals surface area contributed by atoms with E-state index in [2.05, 4.69) is 70.0 Å². The van der Waals surface area contributed by atoms with Crippen LogP contribution in [0.3, 0.4) is 0 Å². The fourth-order valence-electron chi connectivity index (χ4n) is 3.40. The van der Waals surface area contributed by atoms with Gasteiger partial charge in [-0.15, -0.1) is 0 Å². The molecule has 4 heteroatoms. The Balaban J connectivity index is 1.43. The second-order valence-electron chi connectivity index (χ2n) is 6.86. The molecule has 4 nitrogen and oxygen atoms in total. The van der Waals surface area contributed by atoms with Crippen LogP contribution in [0.25, 0.3) is 0 Å². The van der Waals surface area contributed by atoms with Crippen LogP contribution in [0.15, 0.2) is 36.5 Å². The zero-order valence-corrected chi connectivity index (χ0v) is 15.1. The van der Waals surface area contributed by atoms with E-state index in [4.69, 9.17) is 0 Å². The highest BCUT2D eigenvalue weighted by Crippen LogP contribution is 2.12. The number of hydrogen-bond acceptors (Lipinski definition) is 3. The van der Waals surface area contributed by atoms with Gasteiger partial charge in [-0.1, -0.05) is 37.3 Å². The number of aromatic nitrogens is 2.